The van der Waals surface area contributed by atoms with Crippen molar-refractivity contribution in [3.63, 3.8) is 0 Å². The number of carbonyl (C=O) groups is 3. The number of hydroxylamine groups is 1. The average Bonchev–Trinajstić information content (AvgIpc) is 2.81. The SMILES string of the molecule is CN(C)C1CCC(C(=O)N[C@@H](CCCCCC(=O)NO)C(=O)NCC2CCCCC2)CC1. The van der Waals surface area contributed by atoms with Gasteiger partial charge in [-0.2, -0.15) is 0 Å². The molecule has 184 valence electrons. The van der Waals surface area contributed by atoms with Gasteiger partial charge in [0.15, 0.2) is 0 Å². The lowest BCUT2D eigenvalue weighted by Gasteiger charge is -2.32. The quantitative estimate of drug-likeness (QED) is 0.207. The van der Waals surface area contributed by atoms with Crippen molar-refractivity contribution in [1.82, 2.24) is 21.0 Å². The first-order valence-electron chi connectivity index (χ1n) is 12.6. The summed E-state index contributed by atoms with van der Waals surface area (Å²) in [5.74, 6) is 0.0440. The molecule has 0 aromatic carbocycles. The van der Waals surface area contributed by atoms with Gasteiger partial charge >= 0.3 is 0 Å². The van der Waals surface area contributed by atoms with Crippen molar-refractivity contribution in [2.75, 3.05) is 20.6 Å². The first kappa shape index (κ1) is 26.6. The number of nitrogens with one attached hydrogen (secondary N) is 3. The molecule has 2 rings (SSSR count). The molecule has 0 heterocycles. The van der Waals surface area contributed by atoms with Gasteiger partial charge in [-0.25, -0.2) is 5.48 Å². The summed E-state index contributed by atoms with van der Waals surface area (Å²) in [6.07, 6.45) is 12.8. The molecule has 2 aliphatic carbocycles. The molecule has 1 atom stereocenters. The zero-order chi connectivity index (χ0) is 23.3. The highest BCUT2D eigenvalue weighted by Crippen LogP contribution is 2.27. The minimum absolute atomic E-state index is 0.000296. The normalized spacial score (nSPS) is 22.9. The number of carbonyl (C=O) groups excluding carboxylic acids is 3. The van der Waals surface area contributed by atoms with Crippen molar-refractivity contribution in [3.8, 4) is 0 Å². The first-order valence-corrected chi connectivity index (χ1v) is 12.6. The van der Waals surface area contributed by atoms with E-state index in [1.54, 1.807) is 5.48 Å². The van der Waals surface area contributed by atoms with Crippen molar-refractivity contribution >= 4 is 17.7 Å². The fourth-order valence-electron chi connectivity index (χ4n) is 5.04. The third-order valence-electron chi connectivity index (χ3n) is 7.24. The molecule has 2 aliphatic rings. The summed E-state index contributed by atoms with van der Waals surface area (Å²) in [5.41, 5.74) is 1.64. The number of amides is 3. The Bertz CT molecular complexity index is 585. The number of hydrogen-bond acceptors (Lipinski definition) is 5. The molecule has 2 fully saturated rings. The molecule has 2 saturated carbocycles. The monoisotopic (exact) mass is 452 g/mol. The summed E-state index contributed by atoms with van der Waals surface area (Å²) < 4.78 is 0. The summed E-state index contributed by atoms with van der Waals surface area (Å²) in [5, 5.41) is 14.7. The molecule has 0 aromatic heterocycles. The first-order chi connectivity index (χ1) is 15.4. The van der Waals surface area contributed by atoms with E-state index in [4.69, 9.17) is 5.21 Å². The molecular weight excluding hydrogens is 408 g/mol. The van der Waals surface area contributed by atoms with Crippen LogP contribution in [0.1, 0.15) is 89.9 Å². The zero-order valence-corrected chi connectivity index (χ0v) is 20.0. The van der Waals surface area contributed by atoms with Crippen LogP contribution in [-0.4, -0.2) is 60.6 Å². The second-order valence-corrected chi connectivity index (χ2v) is 9.91. The number of unbranched alkanes of at least 4 members (excludes halogenated alkanes) is 2. The van der Waals surface area contributed by atoms with Crippen molar-refractivity contribution < 1.29 is 19.6 Å². The highest BCUT2D eigenvalue weighted by atomic mass is 16.5. The second kappa shape index (κ2) is 14.5. The van der Waals surface area contributed by atoms with Crippen LogP contribution < -0.4 is 16.1 Å². The molecule has 8 nitrogen and oxygen atoms in total. The van der Waals surface area contributed by atoms with E-state index in [-0.39, 0.29) is 24.2 Å². The molecule has 0 saturated heterocycles. The van der Waals surface area contributed by atoms with Crippen molar-refractivity contribution in [3.05, 3.63) is 0 Å². The Morgan fingerprint density at radius 1 is 0.938 bits per heavy atom. The molecule has 0 unspecified atom stereocenters. The molecular formula is C24H44N4O4. The smallest absolute Gasteiger partial charge is 0.243 e. The lowest BCUT2D eigenvalue weighted by atomic mass is 9.85. The van der Waals surface area contributed by atoms with Gasteiger partial charge in [0.2, 0.25) is 17.7 Å². The van der Waals surface area contributed by atoms with Crippen molar-refractivity contribution in [2.24, 2.45) is 11.8 Å². The van der Waals surface area contributed by atoms with Crippen LogP contribution in [0, 0.1) is 11.8 Å². The molecule has 0 bridgehead atoms. The van der Waals surface area contributed by atoms with Gasteiger partial charge in [0.1, 0.15) is 6.04 Å². The summed E-state index contributed by atoms with van der Waals surface area (Å²) in [4.78, 5) is 39.2. The van der Waals surface area contributed by atoms with Crippen molar-refractivity contribution in [2.45, 2.75) is 102 Å². The van der Waals surface area contributed by atoms with Crippen LogP contribution in [0.5, 0.6) is 0 Å². The third kappa shape index (κ3) is 9.45. The fraction of sp³-hybridized carbons (Fsp3) is 0.875. The van der Waals surface area contributed by atoms with Gasteiger partial charge in [-0.15, -0.1) is 0 Å². The van der Waals surface area contributed by atoms with E-state index < -0.39 is 11.9 Å². The van der Waals surface area contributed by atoms with Gasteiger partial charge < -0.3 is 15.5 Å². The van der Waals surface area contributed by atoms with Crippen LogP contribution in [0.3, 0.4) is 0 Å². The number of rotatable bonds is 12. The van der Waals surface area contributed by atoms with E-state index >= 15 is 0 Å². The number of nitrogens with zero attached hydrogens (tertiary/aromatic N) is 1. The summed E-state index contributed by atoms with van der Waals surface area (Å²) in [6, 6.07) is 0.00842. The second-order valence-electron chi connectivity index (χ2n) is 9.91. The molecule has 0 radical (unpaired) electrons. The van der Waals surface area contributed by atoms with Gasteiger partial charge in [0.05, 0.1) is 0 Å². The Balaban J connectivity index is 1.83. The lowest BCUT2D eigenvalue weighted by molar-refractivity contribution is -0.132. The zero-order valence-electron chi connectivity index (χ0n) is 20.0. The van der Waals surface area contributed by atoms with Crippen LogP contribution >= 0.6 is 0 Å². The largest absolute Gasteiger partial charge is 0.354 e. The maximum atomic E-state index is 12.9. The molecule has 0 aromatic rings. The topological polar surface area (TPSA) is 111 Å². The van der Waals surface area contributed by atoms with Gasteiger partial charge in [-0.05, 0) is 71.4 Å². The maximum absolute atomic E-state index is 12.9. The summed E-state index contributed by atoms with van der Waals surface area (Å²) in [6.45, 7) is 0.690. The summed E-state index contributed by atoms with van der Waals surface area (Å²) >= 11 is 0. The molecule has 8 heteroatoms. The molecule has 4 N–H and O–H groups in total. The van der Waals surface area contributed by atoms with E-state index in [9.17, 15) is 14.4 Å². The van der Waals surface area contributed by atoms with Crippen LogP contribution in [0.2, 0.25) is 0 Å². The predicted molar refractivity (Wildman–Crippen MR) is 124 cm³/mol. The van der Waals surface area contributed by atoms with Gasteiger partial charge in [0.25, 0.3) is 0 Å². The van der Waals surface area contributed by atoms with Crippen LogP contribution in [0.25, 0.3) is 0 Å². The summed E-state index contributed by atoms with van der Waals surface area (Å²) in [7, 11) is 4.17. The van der Waals surface area contributed by atoms with E-state index in [1.165, 1.54) is 32.1 Å². The van der Waals surface area contributed by atoms with Crippen LogP contribution in [0.15, 0.2) is 0 Å². The van der Waals surface area contributed by atoms with E-state index in [0.29, 0.717) is 31.3 Å². The standard InChI is InChI=1S/C24H44N4O4/c1-28(2)20-15-13-19(14-16-20)23(30)26-21(11-7-4-8-12-22(29)27-32)24(31)25-17-18-9-5-3-6-10-18/h18-21,32H,3-17H2,1-2H3,(H,25,31)(H,26,30)(H,27,29)/t19?,20?,21-/m0/s1. The van der Waals surface area contributed by atoms with Crippen molar-refractivity contribution in [1.29, 1.82) is 0 Å². The fourth-order valence-corrected chi connectivity index (χ4v) is 5.04. The minimum Gasteiger partial charge on any atom is -0.354 e. The maximum Gasteiger partial charge on any atom is 0.243 e. The molecule has 0 aliphatic heterocycles. The minimum atomic E-state index is -0.524. The van der Waals surface area contributed by atoms with E-state index in [1.807, 2.05) is 0 Å². The highest BCUT2D eigenvalue weighted by Gasteiger charge is 2.30. The Labute approximate surface area is 193 Å². The Morgan fingerprint density at radius 3 is 2.25 bits per heavy atom. The third-order valence-corrected chi connectivity index (χ3v) is 7.24. The lowest BCUT2D eigenvalue weighted by Crippen LogP contribution is -2.50. The average molecular weight is 453 g/mol. The Kier molecular flexibility index (Phi) is 12.0. The number of hydrogen-bond donors (Lipinski definition) is 4. The van der Waals surface area contributed by atoms with Gasteiger partial charge in [-0.1, -0.05) is 32.1 Å². The van der Waals surface area contributed by atoms with Gasteiger partial charge in [-0.3, -0.25) is 19.6 Å². The Morgan fingerprint density at radius 2 is 1.62 bits per heavy atom. The molecule has 3 amide bonds. The molecule has 32 heavy (non-hydrogen) atoms. The van der Waals surface area contributed by atoms with Crippen LogP contribution in [-0.2, 0) is 14.4 Å². The van der Waals surface area contributed by atoms with Gasteiger partial charge in [0, 0.05) is 24.9 Å². The molecule has 0 spiro atoms. The van der Waals surface area contributed by atoms with Crippen LogP contribution in [0.4, 0.5) is 0 Å². The predicted octanol–water partition coefficient (Wildman–Crippen LogP) is 2.74. The Hall–Kier alpha value is -1.67. The highest BCUT2D eigenvalue weighted by molar-refractivity contribution is 5.88. The van der Waals surface area contributed by atoms with E-state index in [0.717, 1.165) is 38.5 Å². The van der Waals surface area contributed by atoms with E-state index in [2.05, 4.69) is 29.6 Å².